The summed E-state index contributed by atoms with van der Waals surface area (Å²) in [6.45, 7) is 9.53. The largest absolute Gasteiger partial charge is 0.494 e. The molecule has 0 saturated carbocycles. The molecule has 3 aromatic rings. The molecule has 5 rings (SSSR count). The van der Waals surface area contributed by atoms with E-state index in [2.05, 4.69) is 36.5 Å². The molecule has 0 atom stereocenters. The van der Waals surface area contributed by atoms with Crippen LogP contribution in [0.5, 0.6) is 5.75 Å². The number of methoxy groups -OCH3 is 1. The fourth-order valence-corrected chi connectivity index (χ4v) is 7.34. The zero-order chi connectivity index (χ0) is 32.8. The summed E-state index contributed by atoms with van der Waals surface area (Å²) >= 11 is 6.43. The average Bonchev–Trinajstić information content (AvgIpc) is 3.03. The molecule has 2 fully saturated rings. The Morgan fingerprint density at radius 1 is 1.09 bits per heavy atom. The van der Waals surface area contributed by atoms with E-state index in [1.54, 1.807) is 26.5 Å². The van der Waals surface area contributed by atoms with Crippen LogP contribution >= 0.6 is 31.1 Å². The van der Waals surface area contributed by atoms with Crippen molar-refractivity contribution in [1.29, 1.82) is 5.26 Å². The van der Waals surface area contributed by atoms with E-state index in [-0.39, 0.29) is 24.9 Å². The van der Waals surface area contributed by atoms with Gasteiger partial charge in [0.05, 0.1) is 42.5 Å². The van der Waals surface area contributed by atoms with Crippen LogP contribution in [0.4, 0.5) is 28.8 Å². The maximum atomic E-state index is 12.8. The Kier molecular flexibility index (Phi) is 12.3. The molecule has 47 heavy (non-hydrogen) atoms. The molecule has 2 aliphatic rings. The Balaban J connectivity index is 0.00000500. The number of hydrogen-bond acceptors (Lipinski definition) is 11. The van der Waals surface area contributed by atoms with Gasteiger partial charge in [0.25, 0.3) is 0 Å². The second kappa shape index (κ2) is 16.0. The number of nitriles is 1. The number of carboxylic acids is 1. The minimum atomic E-state index is -2.56. The Bertz CT molecular complexity index is 1650. The number of hydrogen-bond donors (Lipinski definition) is 3. The van der Waals surface area contributed by atoms with Crippen LogP contribution in [0.15, 0.2) is 42.6 Å². The maximum absolute atomic E-state index is 12.8. The van der Waals surface area contributed by atoms with Gasteiger partial charge in [-0.1, -0.05) is 23.7 Å². The van der Waals surface area contributed by atoms with E-state index in [0.29, 0.717) is 44.8 Å². The third-order valence-electron chi connectivity index (χ3n) is 8.46. The number of piperazine rings is 1. The van der Waals surface area contributed by atoms with E-state index in [0.717, 1.165) is 64.3 Å². The molecule has 2 saturated heterocycles. The fraction of sp³-hybridized carbons (Fsp3) is 0.438. The number of piperidine rings is 1. The number of nitrogens with one attached hydrogen (secondary N) is 2. The number of para-hydroxylation sites is 1. The first-order valence-electron chi connectivity index (χ1n) is 15.3. The van der Waals surface area contributed by atoms with Crippen LogP contribution in [-0.2, 0) is 9.36 Å². The Morgan fingerprint density at radius 2 is 1.77 bits per heavy atom. The van der Waals surface area contributed by atoms with E-state index in [1.807, 2.05) is 35.2 Å². The van der Waals surface area contributed by atoms with Crippen molar-refractivity contribution < 1.29 is 19.2 Å². The summed E-state index contributed by atoms with van der Waals surface area (Å²) < 4.78 is 18.6. The molecule has 0 radical (unpaired) electrons. The van der Waals surface area contributed by atoms with Crippen molar-refractivity contribution in [2.75, 3.05) is 88.3 Å². The van der Waals surface area contributed by atoms with Gasteiger partial charge in [0, 0.05) is 57.2 Å². The number of rotatable bonds is 11. The predicted molar refractivity (Wildman–Crippen MR) is 190 cm³/mol. The van der Waals surface area contributed by atoms with E-state index >= 15 is 0 Å². The molecular weight excluding hydrogens is 662 g/mol. The van der Waals surface area contributed by atoms with Crippen LogP contribution in [-0.4, -0.2) is 104 Å². The third-order valence-corrected chi connectivity index (χ3v) is 10.3. The number of nitrogens with zero attached hydrogens (tertiary/aromatic N) is 6. The zero-order valence-corrected chi connectivity index (χ0v) is 29.2. The summed E-state index contributed by atoms with van der Waals surface area (Å²) in [6.07, 6.45) is 3.49. The lowest BCUT2D eigenvalue weighted by molar-refractivity contribution is -0.138. The van der Waals surface area contributed by atoms with Crippen LogP contribution in [0.1, 0.15) is 18.4 Å². The molecule has 252 valence electrons. The van der Waals surface area contributed by atoms with Crippen molar-refractivity contribution in [1.82, 2.24) is 19.8 Å². The quantitative estimate of drug-likeness (QED) is 0.229. The first-order chi connectivity index (χ1) is 22.0. The minimum absolute atomic E-state index is 0. The summed E-state index contributed by atoms with van der Waals surface area (Å²) in [5.74, 6) is 0.921. The van der Waals surface area contributed by atoms with Crippen molar-refractivity contribution in [3.63, 3.8) is 0 Å². The van der Waals surface area contributed by atoms with Gasteiger partial charge in [0.15, 0.2) is 5.82 Å². The number of ether oxygens (including phenoxy) is 1. The van der Waals surface area contributed by atoms with E-state index < -0.39 is 13.1 Å². The summed E-state index contributed by atoms with van der Waals surface area (Å²) in [7, 11) is -0.982. The molecule has 0 spiro atoms. The van der Waals surface area contributed by atoms with Gasteiger partial charge < -0.3 is 34.8 Å². The summed E-state index contributed by atoms with van der Waals surface area (Å²) in [6, 6.07) is 13.3. The monoisotopic (exact) mass is 702 g/mol. The van der Waals surface area contributed by atoms with Gasteiger partial charge in [0.2, 0.25) is 5.95 Å². The molecule has 1 aromatic heterocycles. The highest BCUT2D eigenvalue weighted by atomic mass is 35.5. The highest BCUT2D eigenvalue weighted by Crippen LogP contribution is 2.39. The van der Waals surface area contributed by atoms with Gasteiger partial charge in [-0.05, 0) is 50.3 Å². The van der Waals surface area contributed by atoms with Gasteiger partial charge in [-0.2, -0.15) is 10.2 Å². The zero-order valence-electron chi connectivity index (χ0n) is 26.8. The topological polar surface area (TPSA) is 147 Å². The highest BCUT2D eigenvalue weighted by Gasteiger charge is 2.26. The lowest BCUT2D eigenvalue weighted by Gasteiger charge is -2.39. The lowest BCUT2D eigenvalue weighted by Crippen LogP contribution is -2.49. The van der Waals surface area contributed by atoms with Crippen molar-refractivity contribution in [2.45, 2.75) is 12.8 Å². The molecule has 15 heteroatoms. The number of aromatic nitrogens is 2. The number of aliphatic carboxylic acids is 1. The maximum Gasteiger partial charge on any atom is 0.317 e. The van der Waals surface area contributed by atoms with E-state index in [1.165, 1.54) is 6.20 Å². The number of carbonyl (C=O) groups is 1. The predicted octanol–water partition coefficient (Wildman–Crippen LogP) is 5.09. The lowest BCUT2D eigenvalue weighted by atomic mass is 9.95. The Hall–Kier alpha value is -3.59. The summed E-state index contributed by atoms with van der Waals surface area (Å²) in [4.78, 5) is 26.6. The van der Waals surface area contributed by atoms with Crippen LogP contribution in [0, 0.1) is 17.2 Å². The van der Waals surface area contributed by atoms with Crippen molar-refractivity contribution in [3.05, 3.63) is 53.2 Å². The molecule has 2 aliphatic heterocycles. The first-order valence-corrected chi connectivity index (χ1v) is 18.3. The van der Waals surface area contributed by atoms with Gasteiger partial charge in [-0.15, -0.1) is 12.4 Å². The second-order valence-electron chi connectivity index (χ2n) is 12.1. The van der Waals surface area contributed by atoms with E-state index in [9.17, 15) is 14.6 Å². The number of carboxylic acid groups (broad SMARTS) is 1. The molecule has 3 N–H and O–H groups in total. The van der Waals surface area contributed by atoms with Crippen LogP contribution in [0.25, 0.3) is 0 Å². The van der Waals surface area contributed by atoms with Crippen LogP contribution < -0.4 is 25.6 Å². The molecule has 0 aliphatic carbocycles. The Morgan fingerprint density at radius 3 is 2.40 bits per heavy atom. The molecule has 2 aromatic carbocycles. The van der Waals surface area contributed by atoms with E-state index in [4.69, 9.17) is 21.4 Å². The molecule has 0 unspecified atom stereocenters. The number of halogens is 2. The van der Waals surface area contributed by atoms with Crippen LogP contribution in [0.3, 0.4) is 0 Å². The Labute approximate surface area is 286 Å². The normalized spacial score (nSPS) is 16.2. The van der Waals surface area contributed by atoms with Gasteiger partial charge in [-0.3, -0.25) is 9.69 Å². The van der Waals surface area contributed by atoms with Crippen LogP contribution in [0.2, 0.25) is 5.02 Å². The van der Waals surface area contributed by atoms with Gasteiger partial charge >= 0.3 is 5.97 Å². The van der Waals surface area contributed by atoms with Crippen molar-refractivity contribution in [3.8, 4) is 11.8 Å². The van der Waals surface area contributed by atoms with Gasteiger partial charge in [0.1, 0.15) is 24.0 Å². The molecule has 0 amide bonds. The number of benzene rings is 2. The first kappa shape index (κ1) is 36.2. The standard InChI is InChI=1S/C32H40ClN8O4P.ClH/c1-45-28-17-27(41-10-8-22(9-11-41)20-39-12-14-40(15-13-39)21-30(42)43)23(18-34)16-26(28)37-32-35-19-24(33)31(38-32)36-25-6-4-5-7-29(25)46(2,3)44;/h4-7,16-17,19,22H,8-15,20-21H2,1-3H3,(H,42,43)(H2,35,36,37,38);1H. The smallest absolute Gasteiger partial charge is 0.317 e. The summed E-state index contributed by atoms with van der Waals surface area (Å²) in [5.41, 5.74) is 2.53. The van der Waals surface area contributed by atoms with Crippen molar-refractivity contribution >= 4 is 71.3 Å². The third kappa shape index (κ3) is 9.28. The minimum Gasteiger partial charge on any atom is -0.494 e. The second-order valence-corrected chi connectivity index (χ2v) is 15.7. The SMILES string of the molecule is COc1cc(N2CCC(CN3CCN(CC(=O)O)CC3)CC2)c(C#N)cc1Nc1ncc(Cl)c(Nc2ccccc2P(C)(C)=O)n1.Cl. The molecule has 12 nitrogen and oxygen atoms in total. The van der Waals surface area contributed by atoms with Crippen molar-refractivity contribution in [2.24, 2.45) is 5.92 Å². The average molecular weight is 704 g/mol. The summed E-state index contributed by atoms with van der Waals surface area (Å²) in [5, 5.41) is 26.5. The molecule has 3 heterocycles. The number of anilines is 5. The molecular formula is C32H41Cl2N8O4P. The highest BCUT2D eigenvalue weighted by molar-refractivity contribution is 7.70. The van der Waals surface area contributed by atoms with Gasteiger partial charge in [-0.25, -0.2) is 4.98 Å². The fourth-order valence-electron chi connectivity index (χ4n) is 6.04. The molecule has 0 bridgehead atoms.